The lowest BCUT2D eigenvalue weighted by Gasteiger charge is -2.18. The van der Waals surface area contributed by atoms with Gasteiger partial charge in [0.25, 0.3) is 0 Å². The van der Waals surface area contributed by atoms with Crippen LogP contribution in [0.2, 0.25) is 0 Å². The highest BCUT2D eigenvalue weighted by atomic mass is 79.9. The summed E-state index contributed by atoms with van der Waals surface area (Å²) < 4.78 is 17.9. The molecule has 0 fully saturated rings. The maximum atomic E-state index is 12.1. The van der Waals surface area contributed by atoms with Crippen LogP contribution in [0.4, 0.5) is 0 Å². The summed E-state index contributed by atoms with van der Waals surface area (Å²) >= 11 is 3.42. The standard InChI is InChI=1S/C24H21BrN2O4/c25-20-6-1-18(2-7-20)16-31-21-8-3-17(4-9-21)15-26-27-24(28)14-19-5-10-22-23(13-19)30-12-11-29-22/h1-10,13,15H,11-12,14,16H2,(H,27,28)/b26-15+. The van der Waals surface area contributed by atoms with Gasteiger partial charge in [0.1, 0.15) is 25.6 Å². The monoisotopic (exact) mass is 480 g/mol. The lowest BCUT2D eigenvalue weighted by molar-refractivity contribution is -0.120. The van der Waals surface area contributed by atoms with Gasteiger partial charge < -0.3 is 14.2 Å². The SMILES string of the molecule is O=C(Cc1ccc2c(c1)OCCO2)N/N=C/c1ccc(OCc2ccc(Br)cc2)cc1. The van der Waals surface area contributed by atoms with Crippen LogP contribution >= 0.6 is 15.9 Å². The third-order valence-electron chi connectivity index (χ3n) is 4.57. The third kappa shape index (κ3) is 6.08. The minimum Gasteiger partial charge on any atom is -0.489 e. The van der Waals surface area contributed by atoms with Gasteiger partial charge in [0.15, 0.2) is 11.5 Å². The van der Waals surface area contributed by atoms with E-state index in [2.05, 4.69) is 26.5 Å². The molecular formula is C24H21BrN2O4. The number of rotatable bonds is 7. The van der Waals surface area contributed by atoms with Gasteiger partial charge in [-0.2, -0.15) is 5.10 Å². The lowest BCUT2D eigenvalue weighted by atomic mass is 10.1. The van der Waals surface area contributed by atoms with Gasteiger partial charge >= 0.3 is 0 Å². The Bertz CT molecular complexity index is 1070. The largest absolute Gasteiger partial charge is 0.489 e. The van der Waals surface area contributed by atoms with Crippen molar-refractivity contribution < 1.29 is 19.0 Å². The molecule has 0 aromatic heterocycles. The molecule has 0 unspecified atom stereocenters. The van der Waals surface area contributed by atoms with E-state index in [0.29, 0.717) is 31.3 Å². The number of amides is 1. The van der Waals surface area contributed by atoms with Crippen molar-refractivity contribution in [3.63, 3.8) is 0 Å². The van der Waals surface area contributed by atoms with Crippen LogP contribution < -0.4 is 19.6 Å². The summed E-state index contributed by atoms with van der Waals surface area (Å²) in [7, 11) is 0. The van der Waals surface area contributed by atoms with Crippen molar-refractivity contribution >= 4 is 28.1 Å². The van der Waals surface area contributed by atoms with E-state index in [0.717, 1.165) is 26.9 Å². The lowest BCUT2D eigenvalue weighted by Crippen LogP contribution is -2.20. The van der Waals surface area contributed by atoms with E-state index in [1.807, 2.05) is 66.7 Å². The van der Waals surface area contributed by atoms with Crippen LogP contribution in [0.1, 0.15) is 16.7 Å². The van der Waals surface area contributed by atoms with Crippen LogP contribution in [-0.2, 0) is 17.8 Å². The summed E-state index contributed by atoms with van der Waals surface area (Å²) in [4.78, 5) is 12.1. The Labute approximate surface area is 189 Å². The number of fused-ring (bicyclic) bond motifs is 1. The average Bonchev–Trinajstić information content (AvgIpc) is 2.79. The molecule has 1 heterocycles. The second kappa shape index (κ2) is 10.1. The minimum absolute atomic E-state index is 0.205. The fourth-order valence-corrected chi connectivity index (χ4v) is 3.26. The van der Waals surface area contributed by atoms with Crippen molar-refractivity contribution in [2.45, 2.75) is 13.0 Å². The van der Waals surface area contributed by atoms with Crippen LogP contribution in [0, 0.1) is 0 Å². The fourth-order valence-electron chi connectivity index (χ4n) is 3.00. The Balaban J connectivity index is 1.24. The third-order valence-corrected chi connectivity index (χ3v) is 5.10. The average molecular weight is 481 g/mol. The van der Waals surface area contributed by atoms with Crippen molar-refractivity contribution in [1.82, 2.24) is 5.43 Å². The van der Waals surface area contributed by atoms with Crippen LogP contribution in [0.5, 0.6) is 17.2 Å². The summed E-state index contributed by atoms with van der Waals surface area (Å²) in [5.74, 6) is 1.94. The zero-order chi connectivity index (χ0) is 21.5. The van der Waals surface area contributed by atoms with Crippen LogP contribution in [0.25, 0.3) is 0 Å². The van der Waals surface area contributed by atoms with E-state index in [-0.39, 0.29) is 12.3 Å². The molecule has 4 rings (SSSR count). The zero-order valence-corrected chi connectivity index (χ0v) is 18.3. The van der Waals surface area contributed by atoms with E-state index in [4.69, 9.17) is 14.2 Å². The maximum absolute atomic E-state index is 12.1. The van der Waals surface area contributed by atoms with Gasteiger partial charge in [-0.3, -0.25) is 4.79 Å². The molecule has 0 spiro atoms. The summed E-state index contributed by atoms with van der Waals surface area (Å²) in [5, 5.41) is 4.03. The highest BCUT2D eigenvalue weighted by molar-refractivity contribution is 9.10. The van der Waals surface area contributed by atoms with Crippen molar-refractivity contribution in [1.29, 1.82) is 0 Å². The fraction of sp³-hybridized carbons (Fsp3) is 0.167. The number of halogens is 1. The number of carbonyl (C=O) groups excluding carboxylic acids is 1. The highest BCUT2D eigenvalue weighted by Gasteiger charge is 2.13. The molecule has 1 aliphatic heterocycles. The first kappa shape index (κ1) is 20.9. The van der Waals surface area contributed by atoms with Gasteiger partial charge in [0, 0.05) is 4.47 Å². The van der Waals surface area contributed by atoms with Gasteiger partial charge in [-0.15, -0.1) is 0 Å². The molecule has 3 aromatic rings. The van der Waals surface area contributed by atoms with Crippen LogP contribution in [0.3, 0.4) is 0 Å². The molecule has 0 saturated heterocycles. The van der Waals surface area contributed by atoms with E-state index in [9.17, 15) is 4.79 Å². The van der Waals surface area contributed by atoms with Crippen molar-refractivity contribution in [2.24, 2.45) is 5.10 Å². The number of ether oxygens (including phenoxy) is 3. The molecule has 0 atom stereocenters. The number of nitrogens with one attached hydrogen (secondary N) is 1. The maximum Gasteiger partial charge on any atom is 0.244 e. The van der Waals surface area contributed by atoms with E-state index >= 15 is 0 Å². The first-order valence-corrected chi connectivity index (χ1v) is 10.6. The Morgan fingerprint density at radius 2 is 1.68 bits per heavy atom. The summed E-state index contributed by atoms with van der Waals surface area (Å²) in [6.45, 7) is 1.55. The molecule has 0 saturated carbocycles. The summed E-state index contributed by atoms with van der Waals surface area (Å²) in [5.41, 5.74) is 5.34. The van der Waals surface area contributed by atoms with Gasteiger partial charge in [-0.05, 0) is 65.2 Å². The molecule has 1 amide bonds. The second-order valence-corrected chi connectivity index (χ2v) is 7.85. The number of nitrogens with zero attached hydrogens (tertiary/aromatic N) is 1. The summed E-state index contributed by atoms with van der Waals surface area (Å²) in [6.07, 6.45) is 1.80. The van der Waals surface area contributed by atoms with Gasteiger partial charge in [-0.25, -0.2) is 5.43 Å². The molecule has 0 radical (unpaired) electrons. The van der Waals surface area contributed by atoms with Crippen LogP contribution in [0.15, 0.2) is 76.3 Å². The molecule has 6 nitrogen and oxygen atoms in total. The summed E-state index contributed by atoms with van der Waals surface area (Å²) in [6, 6.07) is 21.0. The topological polar surface area (TPSA) is 69.2 Å². The molecule has 1 N–H and O–H groups in total. The molecule has 31 heavy (non-hydrogen) atoms. The zero-order valence-electron chi connectivity index (χ0n) is 16.7. The Hall–Kier alpha value is -3.32. The number of hydrogen-bond acceptors (Lipinski definition) is 5. The van der Waals surface area contributed by atoms with Crippen molar-refractivity contribution in [3.05, 3.63) is 87.9 Å². The number of hydrogen-bond donors (Lipinski definition) is 1. The Morgan fingerprint density at radius 3 is 2.45 bits per heavy atom. The normalized spacial score (nSPS) is 12.5. The Kier molecular flexibility index (Phi) is 6.84. The van der Waals surface area contributed by atoms with Crippen molar-refractivity contribution in [2.75, 3.05) is 13.2 Å². The van der Waals surface area contributed by atoms with Gasteiger partial charge in [-0.1, -0.05) is 34.1 Å². The predicted molar refractivity (Wildman–Crippen MR) is 122 cm³/mol. The van der Waals surface area contributed by atoms with E-state index in [1.165, 1.54) is 0 Å². The minimum atomic E-state index is -0.206. The van der Waals surface area contributed by atoms with Crippen LogP contribution in [-0.4, -0.2) is 25.3 Å². The first-order chi connectivity index (χ1) is 15.2. The number of hydrazone groups is 1. The first-order valence-electron chi connectivity index (χ1n) is 9.83. The van der Waals surface area contributed by atoms with Crippen molar-refractivity contribution in [3.8, 4) is 17.2 Å². The number of benzene rings is 3. The Morgan fingerprint density at radius 1 is 0.968 bits per heavy atom. The molecule has 0 bridgehead atoms. The number of carbonyl (C=O) groups is 1. The van der Waals surface area contributed by atoms with Gasteiger partial charge in [0.05, 0.1) is 12.6 Å². The predicted octanol–water partition coefficient (Wildman–Crippen LogP) is 4.49. The van der Waals surface area contributed by atoms with Gasteiger partial charge in [0.2, 0.25) is 5.91 Å². The molecular weight excluding hydrogens is 460 g/mol. The molecule has 158 valence electrons. The highest BCUT2D eigenvalue weighted by Crippen LogP contribution is 2.30. The molecule has 7 heteroatoms. The quantitative estimate of drug-likeness (QED) is 0.399. The molecule has 1 aliphatic rings. The van der Waals surface area contributed by atoms with E-state index < -0.39 is 0 Å². The molecule has 3 aromatic carbocycles. The smallest absolute Gasteiger partial charge is 0.244 e. The molecule has 0 aliphatic carbocycles. The van der Waals surface area contributed by atoms with E-state index in [1.54, 1.807) is 6.21 Å². The second-order valence-electron chi connectivity index (χ2n) is 6.93.